The Bertz CT molecular complexity index is 1170. The molecule has 2 saturated heterocycles. The average molecular weight is 560 g/mol. The van der Waals surface area contributed by atoms with Gasteiger partial charge in [-0.05, 0) is 55.9 Å². The molecule has 2 atom stereocenters. The van der Waals surface area contributed by atoms with Crippen molar-refractivity contribution in [2.24, 2.45) is 11.7 Å². The average Bonchev–Trinajstić information content (AvgIpc) is 2.85. The Hall–Kier alpha value is -1.99. The SMILES string of the molecule is C[C@](O)(c1ccc(N2CCN(S(=O)(=O)C3=CC(N)=CCC3=S)C[C@@H]2CC2CCOCC2)cc1)C(F)(F)F. The molecule has 3 aliphatic rings. The van der Waals surface area contributed by atoms with Crippen LogP contribution >= 0.6 is 12.2 Å². The van der Waals surface area contributed by atoms with Crippen molar-refractivity contribution in [3.05, 3.63) is 52.6 Å². The minimum atomic E-state index is -4.81. The molecule has 2 aliphatic heterocycles. The van der Waals surface area contributed by atoms with Crippen molar-refractivity contribution in [3.8, 4) is 0 Å². The summed E-state index contributed by atoms with van der Waals surface area (Å²) in [6.45, 7) is 2.78. The molecule has 0 saturated carbocycles. The van der Waals surface area contributed by atoms with E-state index in [9.17, 15) is 26.7 Å². The monoisotopic (exact) mass is 559 g/mol. The van der Waals surface area contributed by atoms with Gasteiger partial charge in [-0.1, -0.05) is 30.4 Å². The van der Waals surface area contributed by atoms with Gasteiger partial charge in [-0.2, -0.15) is 17.5 Å². The lowest BCUT2D eigenvalue weighted by Crippen LogP contribution is -2.56. The van der Waals surface area contributed by atoms with Crippen LogP contribution in [0.15, 0.2) is 47.0 Å². The van der Waals surface area contributed by atoms with Crippen molar-refractivity contribution in [1.29, 1.82) is 0 Å². The second-order valence-corrected chi connectivity index (χ2v) is 12.4. The number of rotatable bonds is 6. The van der Waals surface area contributed by atoms with E-state index in [0.717, 1.165) is 19.8 Å². The second kappa shape index (κ2) is 10.6. The fourth-order valence-electron chi connectivity index (χ4n) is 5.05. The normalized spacial score (nSPS) is 24.4. The first-order valence-corrected chi connectivity index (χ1v) is 14.1. The summed E-state index contributed by atoms with van der Waals surface area (Å²) >= 11 is 5.33. The van der Waals surface area contributed by atoms with Crippen molar-refractivity contribution in [1.82, 2.24) is 4.31 Å². The van der Waals surface area contributed by atoms with Crippen molar-refractivity contribution in [2.45, 2.75) is 50.4 Å². The molecule has 3 N–H and O–H groups in total. The van der Waals surface area contributed by atoms with Crippen LogP contribution in [0.3, 0.4) is 0 Å². The van der Waals surface area contributed by atoms with Crippen LogP contribution in [0.1, 0.15) is 38.2 Å². The summed E-state index contributed by atoms with van der Waals surface area (Å²) in [6, 6.07) is 5.46. The number of anilines is 1. The number of nitrogens with two attached hydrogens (primary N) is 1. The predicted molar refractivity (Wildman–Crippen MR) is 139 cm³/mol. The molecule has 7 nitrogen and oxygen atoms in total. The number of halogens is 3. The number of hydrogen-bond donors (Lipinski definition) is 2. The van der Waals surface area contributed by atoms with Crippen LogP contribution in [0.5, 0.6) is 0 Å². The summed E-state index contributed by atoms with van der Waals surface area (Å²) in [5.74, 6) is 0.336. The molecule has 204 valence electrons. The Labute approximate surface area is 220 Å². The number of nitrogens with zero attached hydrogens (tertiary/aromatic N) is 2. The zero-order valence-electron chi connectivity index (χ0n) is 20.6. The highest BCUT2D eigenvalue weighted by atomic mass is 32.2. The van der Waals surface area contributed by atoms with Gasteiger partial charge >= 0.3 is 6.18 Å². The smallest absolute Gasteiger partial charge is 0.399 e. The fraction of sp³-hybridized carbons (Fsp3) is 0.560. The molecule has 2 heterocycles. The lowest BCUT2D eigenvalue weighted by atomic mass is 9.90. The molecule has 12 heteroatoms. The van der Waals surface area contributed by atoms with Crippen molar-refractivity contribution in [3.63, 3.8) is 0 Å². The lowest BCUT2D eigenvalue weighted by Gasteiger charge is -2.44. The first-order valence-electron chi connectivity index (χ1n) is 12.3. The third-order valence-corrected chi connectivity index (χ3v) is 9.87. The Balaban J connectivity index is 1.60. The predicted octanol–water partition coefficient (Wildman–Crippen LogP) is 3.59. The van der Waals surface area contributed by atoms with Gasteiger partial charge in [0.1, 0.15) is 0 Å². The number of thiocarbonyl (C=S) groups is 1. The summed E-state index contributed by atoms with van der Waals surface area (Å²) in [4.78, 5) is 2.43. The maximum atomic E-state index is 13.5. The summed E-state index contributed by atoms with van der Waals surface area (Å²) in [6.07, 6.45) is 1.02. The molecular formula is C25H32F3N3O4S2. The number of aliphatic hydroxyl groups is 1. The van der Waals surface area contributed by atoms with Gasteiger partial charge in [0, 0.05) is 61.6 Å². The van der Waals surface area contributed by atoms with E-state index in [1.165, 1.54) is 22.5 Å². The minimum Gasteiger partial charge on any atom is -0.399 e. The molecule has 0 bridgehead atoms. The molecule has 0 radical (unpaired) electrons. The zero-order chi connectivity index (χ0) is 27.0. The Morgan fingerprint density at radius 3 is 2.43 bits per heavy atom. The number of piperazine rings is 1. The number of hydrogen-bond acceptors (Lipinski definition) is 7. The molecule has 1 aromatic rings. The fourth-order valence-corrected chi connectivity index (χ4v) is 7.14. The van der Waals surface area contributed by atoms with Gasteiger partial charge < -0.3 is 20.5 Å². The third-order valence-electron chi connectivity index (χ3n) is 7.42. The van der Waals surface area contributed by atoms with E-state index < -0.39 is 21.8 Å². The summed E-state index contributed by atoms with van der Waals surface area (Å²) in [7, 11) is -3.87. The van der Waals surface area contributed by atoms with Gasteiger partial charge in [0.05, 0.1) is 4.91 Å². The first kappa shape index (κ1) is 28.0. The van der Waals surface area contributed by atoms with E-state index >= 15 is 0 Å². The third kappa shape index (κ3) is 5.88. The number of ether oxygens (including phenoxy) is 1. The molecule has 2 fully saturated rings. The van der Waals surface area contributed by atoms with Crippen LogP contribution in [0, 0.1) is 5.92 Å². The van der Waals surface area contributed by atoms with Crippen LogP contribution in [0.4, 0.5) is 18.9 Å². The zero-order valence-corrected chi connectivity index (χ0v) is 22.2. The maximum Gasteiger partial charge on any atom is 0.421 e. The van der Waals surface area contributed by atoms with Crippen molar-refractivity contribution < 1.29 is 31.4 Å². The van der Waals surface area contributed by atoms with E-state index in [1.54, 1.807) is 18.2 Å². The lowest BCUT2D eigenvalue weighted by molar-refractivity contribution is -0.258. The first-order chi connectivity index (χ1) is 17.3. The number of sulfonamides is 1. The molecule has 0 unspecified atom stereocenters. The number of benzene rings is 1. The topological polar surface area (TPSA) is 96.1 Å². The maximum absolute atomic E-state index is 13.5. The summed E-state index contributed by atoms with van der Waals surface area (Å²) in [5, 5.41) is 10.0. The highest BCUT2D eigenvalue weighted by Crippen LogP contribution is 2.39. The van der Waals surface area contributed by atoms with Gasteiger partial charge in [0.15, 0.2) is 5.60 Å². The van der Waals surface area contributed by atoms with Crippen LogP contribution in [-0.2, 0) is 20.4 Å². The summed E-state index contributed by atoms with van der Waals surface area (Å²) in [5.41, 5.74) is 3.68. The molecule has 1 aliphatic carbocycles. The highest BCUT2D eigenvalue weighted by Gasteiger charge is 2.51. The summed E-state index contributed by atoms with van der Waals surface area (Å²) < 4.78 is 73.9. The van der Waals surface area contributed by atoms with E-state index in [1.807, 2.05) is 0 Å². The van der Waals surface area contributed by atoms with Gasteiger partial charge in [0.2, 0.25) is 10.0 Å². The quantitative estimate of drug-likeness (QED) is 0.515. The van der Waals surface area contributed by atoms with E-state index in [0.29, 0.717) is 54.8 Å². The number of alkyl halides is 3. The Morgan fingerprint density at radius 1 is 1.16 bits per heavy atom. The van der Waals surface area contributed by atoms with Gasteiger partial charge in [-0.15, -0.1) is 0 Å². The van der Waals surface area contributed by atoms with Gasteiger partial charge in [-0.3, -0.25) is 0 Å². The Morgan fingerprint density at radius 2 is 1.81 bits per heavy atom. The minimum absolute atomic E-state index is 0.0551. The largest absolute Gasteiger partial charge is 0.421 e. The standard InChI is InChI=1S/C25H32F3N3O4S2/c1-24(32,25(26,27)28)18-2-5-20(6-3-18)31-11-10-30(16-21(31)14-17-8-12-35-13-9-17)37(33,34)23-15-19(29)4-7-22(23)36/h2-6,15,17,21,32H,7-14,16,29H2,1H3/t21-,24-/m0/s1. The Kier molecular flexibility index (Phi) is 8.06. The second-order valence-electron chi connectivity index (χ2n) is 9.96. The molecule has 4 rings (SSSR count). The van der Waals surface area contributed by atoms with Crippen LogP contribution < -0.4 is 10.6 Å². The molecule has 0 spiro atoms. The molecule has 0 amide bonds. The van der Waals surface area contributed by atoms with Gasteiger partial charge in [0.25, 0.3) is 0 Å². The molecule has 0 aromatic heterocycles. The van der Waals surface area contributed by atoms with E-state index in [2.05, 4.69) is 4.90 Å². The highest BCUT2D eigenvalue weighted by molar-refractivity contribution is 7.96. The molecular weight excluding hydrogens is 527 g/mol. The van der Waals surface area contributed by atoms with E-state index in [-0.39, 0.29) is 29.6 Å². The van der Waals surface area contributed by atoms with Crippen molar-refractivity contribution >= 4 is 32.8 Å². The molecule has 1 aromatic carbocycles. The van der Waals surface area contributed by atoms with E-state index in [4.69, 9.17) is 22.7 Å². The van der Waals surface area contributed by atoms with Crippen LogP contribution in [0.25, 0.3) is 0 Å². The number of allylic oxidation sites excluding steroid dienone is 3. The molecule has 37 heavy (non-hydrogen) atoms. The van der Waals surface area contributed by atoms with Crippen LogP contribution in [-0.4, -0.2) is 67.8 Å². The van der Waals surface area contributed by atoms with Crippen LogP contribution in [0.2, 0.25) is 0 Å². The van der Waals surface area contributed by atoms with Crippen molar-refractivity contribution in [2.75, 3.05) is 37.7 Å². The van der Waals surface area contributed by atoms with Gasteiger partial charge in [-0.25, -0.2) is 8.42 Å².